The molecular formula is C25H25NO3. The molecule has 0 bridgehead atoms. The van der Waals surface area contributed by atoms with E-state index in [0.29, 0.717) is 24.6 Å². The van der Waals surface area contributed by atoms with Crippen LogP contribution < -0.4 is 4.74 Å². The van der Waals surface area contributed by atoms with Gasteiger partial charge in [-0.15, -0.1) is 0 Å². The van der Waals surface area contributed by atoms with Crippen LogP contribution in [-0.2, 0) is 6.54 Å². The lowest BCUT2D eigenvalue weighted by atomic mass is 9.81. The first-order valence-electron chi connectivity index (χ1n) is 10.5. The minimum absolute atomic E-state index is 0.335. The van der Waals surface area contributed by atoms with E-state index in [1.807, 2.05) is 30.3 Å². The molecule has 2 aliphatic rings. The summed E-state index contributed by atoms with van der Waals surface area (Å²) in [7, 11) is 0. The minimum atomic E-state index is -0.885. The van der Waals surface area contributed by atoms with E-state index in [1.165, 1.54) is 48.7 Å². The van der Waals surface area contributed by atoms with Crippen LogP contribution in [0.3, 0.4) is 0 Å². The van der Waals surface area contributed by atoms with Gasteiger partial charge in [0.1, 0.15) is 12.4 Å². The summed E-state index contributed by atoms with van der Waals surface area (Å²) in [6.07, 6.45) is 10.3. The third kappa shape index (κ3) is 3.13. The molecule has 0 atom stereocenters. The number of aromatic nitrogens is 1. The van der Waals surface area contributed by atoms with Crippen molar-refractivity contribution in [1.82, 2.24) is 4.57 Å². The predicted octanol–water partition coefficient (Wildman–Crippen LogP) is 6.00. The van der Waals surface area contributed by atoms with Crippen molar-refractivity contribution >= 4 is 16.9 Å². The van der Waals surface area contributed by atoms with E-state index in [1.54, 1.807) is 6.07 Å². The van der Waals surface area contributed by atoms with E-state index >= 15 is 0 Å². The molecule has 29 heavy (non-hydrogen) atoms. The first-order chi connectivity index (χ1) is 14.2. The van der Waals surface area contributed by atoms with Gasteiger partial charge in [0.2, 0.25) is 0 Å². The van der Waals surface area contributed by atoms with Gasteiger partial charge in [-0.05, 0) is 54.7 Å². The van der Waals surface area contributed by atoms with Crippen LogP contribution in [0.15, 0.2) is 54.6 Å². The van der Waals surface area contributed by atoms with Crippen molar-refractivity contribution in [2.24, 2.45) is 0 Å². The van der Waals surface area contributed by atoms with Crippen molar-refractivity contribution in [3.8, 4) is 17.0 Å². The number of hydrogen-bond donors (Lipinski definition) is 1. The molecule has 0 saturated heterocycles. The smallest absolute Gasteiger partial charge is 0.335 e. The number of carbonyl (C=O) groups is 1. The molecule has 1 aromatic heterocycles. The number of para-hydroxylation sites is 1. The van der Waals surface area contributed by atoms with Gasteiger partial charge < -0.3 is 14.4 Å². The molecule has 148 valence electrons. The van der Waals surface area contributed by atoms with E-state index in [-0.39, 0.29) is 0 Å². The highest BCUT2D eigenvalue weighted by Gasteiger charge is 2.28. The summed E-state index contributed by atoms with van der Waals surface area (Å²) >= 11 is 0. The zero-order valence-electron chi connectivity index (χ0n) is 16.4. The molecule has 2 heterocycles. The van der Waals surface area contributed by atoms with E-state index in [9.17, 15) is 9.90 Å². The highest BCUT2D eigenvalue weighted by atomic mass is 16.5. The van der Waals surface area contributed by atoms with Crippen molar-refractivity contribution < 1.29 is 14.6 Å². The zero-order chi connectivity index (χ0) is 19.8. The Hall–Kier alpha value is -3.01. The number of fused-ring (bicyclic) bond motifs is 5. The van der Waals surface area contributed by atoms with Gasteiger partial charge in [0.15, 0.2) is 0 Å². The monoisotopic (exact) mass is 387 g/mol. The molecule has 3 aromatic rings. The second kappa shape index (κ2) is 7.43. The second-order valence-corrected chi connectivity index (χ2v) is 8.02. The van der Waals surface area contributed by atoms with E-state index in [2.05, 4.69) is 22.8 Å². The van der Waals surface area contributed by atoms with Crippen LogP contribution >= 0.6 is 0 Å². The number of rotatable bonds is 2. The molecule has 0 radical (unpaired) electrons. The van der Waals surface area contributed by atoms with Gasteiger partial charge in [-0.1, -0.05) is 43.5 Å². The molecule has 5 rings (SSSR count). The number of ether oxygens (including phenoxy) is 1. The third-order valence-corrected chi connectivity index (χ3v) is 6.30. The number of nitrogens with zero attached hydrogens (tertiary/aromatic N) is 1. The fourth-order valence-corrected chi connectivity index (χ4v) is 4.97. The Bertz CT molecular complexity index is 1100. The van der Waals surface area contributed by atoms with Gasteiger partial charge in [0, 0.05) is 23.0 Å². The standard InChI is InChI=1S/C25H25NO3/c27-25(28)18-12-13-19-21(16-18)26-14-6-7-15-29-22-11-5-4-10-20(22)24(26)23(19)17-8-2-1-3-9-17/h4-7,10-13,16-17H,1-3,8-9,14-15H2,(H,27,28)/b7-6-. The zero-order valence-corrected chi connectivity index (χ0v) is 16.4. The molecule has 4 nitrogen and oxygen atoms in total. The summed E-state index contributed by atoms with van der Waals surface area (Å²) in [5.74, 6) is 0.499. The number of aromatic carboxylic acids is 1. The molecule has 1 fully saturated rings. The maximum atomic E-state index is 11.7. The first-order valence-corrected chi connectivity index (χ1v) is 10.5. The van der Waals surface area contributed by atoms with Crippen LogP contribution in [0.2, 0.25) is 0 Å². The lowest BCUT2D eigenvalue weighted by Crippen LogP contribution is -2.07. The summed E-state index contributed by atoms with van der Waals surface area (Å²) in [5.41, 5.74) is 4.99. The van der Waals surface area contributed by atoms with Crippen molar-refractivity contribution in [3.05, 3.63) is 65.7 Å². The lowest BCUT2D eigenvalue weighted by molar-refractivity contribution is 0.0697. The molecule has 0 amide bonds. The summed E-state index contributed by atoms with van der Waals surface area (Å²) in [4.78, 5) is 11.7. The molecule has 0 unspecified atom stereocenters. The number of carboxylic acid groups (broad SMARTS) is 1. The molecule has 4 heteroatoms. The van der Waals surface area contributed by atoms with Crippen LogP contribution in [0.25, 0.3) is 22.2 Å². The van der Waals surface area contributed by atoms with Crippen molar-refractivity contribution in [2.45, 2.75) is 44.6 Å². The lowest BCUT2D eigenvalue weighted by Gasteiger charge is -2.24. The third-order valence-electron chi connectivity index (χ3n) is 6.30. The Kier molecular flexibility index (Phi) is 4.62. The Morgan fingerprint density at radius 2 is 1.86 bits per heavy atom. The second-order valence-electron chi connectivity index (χ2n) is 8.02. The normalized spacial score (nSPS) is 18.1. The Morgan fingerprint density at radius 1 is 1.03 bits per heavy atom. The SMILES string of the molecule is O=C(O)c1ccc2c(C3CCCCC3)c3n(c2c1)C/C=C\COc1ccccc1-3. The minimum Gasteiger partial charge on any atom is -0.489 e. The molecule has 1 aliphatic carbocycles. The molecule has 1 N–H and O–H groups in total. The van der Waals surface area contributed by atoms with Crippen LogP contribution in [0, 0.1) is 0 Å². The largest absolute Gasteiger partial charge is 0.489 e. The van der Waals surface area contributed by atoms with E-state index in [0.717, 1.165) is 16.8 Å². The van der Waals surface area contributed by atoms with E-state index < -0.39 is 5.97 Å². The molecule has 1 aliphatic heterocycles. The van der Waals surface area contributed by atoms with E-state index in [4.69, 9.17) is 4.74 Å². The van der Waals surface area contributed by atoms with Gasteiger partial charge in [-0.25, -0.2) is 4.79 Å². The summed E-state index contributed by atoms with van der Waals surface area (Å²) in [5, 5.41) is 10.7. The van der Waals surface area contributed by atoms with Crippen LogP contribution in [-0.4, -0.2) is 22.2 Å². The Morgan fingerprint density at radius 3 is 2.69 bits per heavy atom. The fourth-order valence-electron chi connectivity index (χ4n) is 4.97. The van der Waals surface area contributed by atoms with Crippen molar-refractivity contribution in [1.29, 1.82) is 0 Å². The quantitative estimate of drug-likeness (QED) is 0.549. The average molecular weight is 387 g/mol. The molecule has 0 spiro atoms. The topological polar surface area (TPSA) is 51.5 Å². The Labute approximate surface area is 170 Å². The summed E-state index contributed by atoms with van der Waals surface area (Å²) in [6, 6.07) is 13.8. The number of benzene rings is 2. The highest BCUT2D eigenvalue weighted by Crippen LogP contribution is 2.46. The maximum Gasteiger partial charge on any atom is 0.335 e. The van der Waals surface area contributed by atoms with Crippen LogP contribution in [0.1, 0.15) is 53.9 Å². The van der Waals surface area contributed by atoms with Crippen molar-refractivity contribution in [2.75, 3.05) is 6.61 Å². The fraction of sp³-hybridized carbons (Fsp3) is 0.320. The van der Waals surface area contributed by atoms with Gasteiger partial charge in [-0.2, -0.15) is 0 Å². The molecular weight excluding hydrogens is 362 g/mol. The van der Waals surface area contributed by atoms with Gasteiger partial charge >= 0.3 is 5.97 Å². The van der Waals surface area contributed by atoms with Crippen molar-refractivity contribution in [3.63, 3.8) is 0 Å². The van der Waals surface area contributed by atoms with Gasteiger partial charge in [-0.3, -0.25) is 0 Å². The summed E-state index contributed by atoms with van der Waals surface area (Å²) < 4.78 is 8.36. The average Bonchev–Trinajstić information content (AvgIpc) is 3.11. The highest BCUT2D eigenvalue weighted by molar-refractivity contribution is 5.98. The maximum absolute atomic E-state index is 11.7. The molecule has 2 aromatic carbocycles. The van der Waals surface area contributed by atoms with Gasteiger partial charge in [0.25, 0.3) is 0 Å². The number of hydrogen-bond acceptors (Lipinski definition) is 2. The predicted molar refractivity (Wildman–Crippen MR) is 115 cm³/mol. The summed E-state index contributed by atoms with van der Waals surface area (Å²) in [6.45, 7) is 1.25. The van der Waals surface area contributed by atoms with Crippen LogP contribution in [0.5, 0.6) is 5.75 Å². The first kappa shape index (κ1) is 18.0. The van der Waals surface area contributed by atoms with Gasteiger partial charge in [0.05, 0.1) is 11.3 Å². The number of allylic oxidation sites excluding steroid dienone is 1. The molecule has 1 saturated carbocycles. The number of carboxylic acids is 1. The van der Waals surface area contributed by atoms with Crippen LogP contribution in [0.4, 0.5) is 0 Å². The Balaban J connectivity index is 1.86.